The molecule has 0 N–H and O–H groups in total. The minimum atomic E-state index is -0.369. The van der Waals surface area contributed by atoms with Crippen molar-refractivity contribution in [3.63, 3.8) is 0 Å². The summed E-state index contributed by atoms with van der Waals surface area (Å²) in [6, 6.07) is 7.08. The van der Waals surface area contributed by atoms with Gasteiger partial charge in [0.25, 0.3) is 5.56 Å². The second-order valence-corrected chi connectivity index (χ2v) is 5.59. The van der Waals surface area contributed by atoms with Crippen LogP contribution < -0.4 is 10.3 Å². The number of rotatable bonds is 4. The average molecular weight is 404 g/mol. The summed E-state index contributed by atoms with van der Waals surface area (Å²) < 4.78 is 12.9. The Bertz CT molecular complexity index is 673. The molecule has 0 aliphatic carbocycles. The summed E-state index contributed by atoms with van der Waals surface area (Å²) in [4.78, 5) is 12.1. The summed E-state index contributed by atoms with van der Waals surface area (Å²) in [5, 5.41) is 4.09. The molecule has 0 spiro atoms. The molecule has 2 rings (SSSR count). The topological polar surface area (TPSA) is 53.4 Å². The number of nitrogens with zero attached hydrogens (tertiary/aromatic N) is 2. The van der Waals surface area contributed by atoms with Gasteiger partial charge in [-0.05, 0) is 50.9 Å². The van der Waals surface area contributed by atoms with E-state index in [4.69, 9.17) is 9.47 Å². The molecule has 1 aromatic carbocycles. The Morgan fingerprint density at radius 3 is 2.80 bits per heavy atom. The van der Waals surface area contributed by atoms with Crippen LogP contribution in [0.4, 0.5) is 0 Å². The maximum absolute atomic E-state index is 12.1. The maximum Gasteiger partial charge on any atom is 0.286 e. The highest BCUT2D eigenvalue weighted by Gasteiger charge is 2.09. The first kappa shape index (κ1) is 15.2. The third-order valence-electron chi connectivity index (χ3n) is 2.57. The predicted octanol–water partition coefficient (Wildman–Crippen LogP) is 3.13. The Morgan fingerprint density at radius 2 is 2.10 bits per heavy atom. The van der Waals surface area contributed by atoms with Crippen molar-refractivity contribution in [1.82, 2.24) is 9.78 Å². The lowest BCUT2D eigenvalue weighted by Crippen LogP contribution is -2.22. The molecule has 7 heteroatoms. The molecule has 1 atom stereocenters. The van der Waals surface area contributed by atoms with Gasteiger partial charge in [-0.2, -0.15) is 9.78 Å². The minimum absolute atomic E-state index is 0.253. The lowest BCUT2D eigenvalue weighted by molar-refractivity contribution is -0.0382. The van der Waals surface area contributed by atoms with Crippen LogP contribution >= 0.6 is 31.9 Å². The molecule has 0 fully saturated rings. The number of hydrogen-bond donors (Lipinski definition) is 0. The Labute approximate surface area is 132 Å². The fourth-order valence-corrected chi connectivity index (χ4v) is 2.06. The summed E-state index contributed by atoms with van der Waals surface area (Å²) >= 11 is 6.47. The van der Waals surface area contributed by atoms with Crippen molar-refractivity contribution >= 4 is 31.9 Å². The van der Waals surface area contributed by atoms with Gasteiger partial charge in [0.05, 0.1) is 16.4 Å². The molecule has 2 aromatic rings. The Balaban J connectivity index is 2.41. The van der Waals surface area contributed by atoms with E-state index in [0.29, 0.717) is 20.4 Å². The van der Waals surface area contributed by atoms with E-state index in [2.05, 4.69) is 37.0 Å². The SMILES string of the molecule is COC(C)Oc1cccc(-n2ncc(Br)c(Br)c2=O)c1. The summed E-state index contributed by atoms with van der Waals surface area (Å²) in [6.45, 7) is 1.79. The van der Waals surface area contributed by atoms with Crippen LogP contribution in [0.1, 0.15) is 6.92 Å². The highest BCUT2D eigenvalue weighted by Crippen LogP contribution is 2.20. The molecular formula is C13H12Br2N2O3. The number of ether oxygens (including phenoxy) is 2. The van der Waals surface area contributed by atoms with E-state index in [0.717, 1.165) is 0 Å². The number of methoxy groups -OCH3 is 1. The zero-order valence-electron chi connectivity index (χ0n) is 10.8. The van der Waals surface area contributed by atoms with Gasteiger partial charge in [-0.1, -0.05) is 6.07 Å². The Morgan fingerprint density at radius 1 is 1.35 bits per heavy atom. The average Bonchev–Trinajstić information content (AvgIpc) is 2.45. The van der Waals surface area contributed by atoms with E-state index in [1.54, 1.807) is 44.5 Å². The van der Waals surface area contributed by atoms with E-state index < -0.39 is 0 Å². The molecule has 0 amide bonds. The Hall–Kier alpha value is -1.18. The smallest absolute Gasteiger partial charge is 0.286 e. The van der Waals surface area contributed by atoms with Crippen LogP contribution in [0.5, 0.6) is 5.75 Å². The van der Waals surface area contributed by atoms with Crippen LogP contribution in [0.2, 0.25) is 0 Å². The van der Waals surface area contributed by atoms with Crippen molar-refractivity contribution in [2.75, 3.05) is 7.11 Å². The highest BCUT2D eigenvalue weighted by atomic mass is 79.9. The first-order chi connectivity index (χ1) is 9.52. The third kappa shape index (κ3) is 3.28. The second kappa shape index (κ2) is 6.51. The van der Waals surface area contributed by atoms with Crippen LogP contribution in [-0.2, 0) is 4.74 Å². The lowest BCUT2D eigenvalue weighted by Gasteiger charge is -2.13. The fraction of sp³-hybridized carbons (Fsp3) is 0.231. The minimum Gasteiger partial charge on any atom is -0.465 e. The van der Waals surface area contributed by atoms with Crippen molar-refractivity contribution < 1.29 is 9.47 Å². The number of benzene rings is 1. The van der Waals surface area contributed by atoms with Gasteiger partial charge in [-0.15, -0.1) is 0 Å². The van der Waals surface area contributed by atoms with Gasteiger partial charge in [0.2, 0.25) is 0 Å². The largest absolute Gasteiger partial charge is 0.465 e. The van der Waals surface area contributed by atoms with Crippen molar-refractivity contribution in [1.29, 1.82) is 0 Å². The zero-order chi connectivity index (χ0) is 14.7. The van der Waals surface area contributed by atoms with Gasteiger partial charge in [0.1, 0.15) is 10.2 Å². The van der Waals surface area contributed by atoms with Crippen LogP contribution in [0, 0.1) is 0 Å². The first-order valence-electron chi connectivity index (χ1n) is 5.76. The molecule has 0 aliphatic rings. The van der Waals surface area contributed by atoms with Crippen molar-refractivity contribution in [3.05, 3.63) is 49.8 Å². The highest BCUT2D eigenvalue weighted by molar-refractivity contribution is 9.13. The standard InChI is InChI=1S/C13H12Br2N2O3/c1-8(19-2)20-10-5-3-4-9(6-10)17-13(18)12(15)11(14)7-16-17/h3-8H,1-2H3. The zero-order valence-corrected chi connectivity index (χ0v) is 14.0. The van der Waals surface area contributed by atoms with Crippen LogP contribution in [0.15, 0.2) is 44.2 Å². The lowest BCUT2D eigenvalue weighted by atomic mass is 10.3. The van der Waals surface area contributed by atoms with Gasteiger partial charge in [-0.3, -0.25) is 4.79 Å². The number of aromatic nitrogens is 2. The normalized spacial score (nSPS) is 12.2. The molecule has 1 unspecified atom stereocenters. The van der Waals surface area contributed by atoms with Gasteiger partial charge in [-0.25, -0.2) is 0 Å². The number of halogens is 2. The monoisotopic (exact) mass is 402 g/mol. The van der Waals surface area contributed by atoms with Crippen molar-refractivity contribution in [2.45, 2.75) is 13.2 Å². The molecule has 5 nitrogen and oxygen atoms in total. The van der Waals surface area contributed by atoms with Gasteiger partial charge >= 0.3 is 0 Å². The molecule has 0 saturated heterocycles. The maximum atomic E-state index is 12.1. The number of hydrogen-bond acceptors (Lipinski definition) is 4. The molecular weight excluding hydrogens is 392 g/mol. The third-order valence-corrected chi connectivity index (χ3v) is 4.47. The van der Waals surface area contributed by atoms with Crippen LogP contribution in [0.3, 0.4) is 0 Å². The first-order valence-corrected chi connectivity index (χ1v) is 7.34. The summed E-state index contributed by atoms with van der Waals surface area (Å²) in [6.07, 6.45) is 1.18. The van der Waals surface area contributed by atoms with Crippen molar-refractivity contribution in [3.8, 4) is 11.4 Å². The Kier molecular flexibility index (Phi) is 4.95. The predicted molar refractivity (Wildman–Crippen MR) is 82.3 cm³/mol. The fourth-order valence-electron chi connectivity index (χ4n) is 1.52. The summed E-state index contributed by atoms with van der Waals surface area (Å²) in [5.41, 5.74) is 0.361. The van der Waals surface area contributed by atoms with E-state index in [-0.39, 0.29) is 11.8 Å². The summed E-state index contributed by atoms with van der Waals surface area (Å²) in [5.74, 6) is 0.601. The molecule has 0 saturated carbocycles. The molecule has 0 radical (unpaired) electrons. The van der Waals surface area contributed by atoms with E-state index in [9.17, 15) is 4.79 Å². The van der Waals surface area contributed by atoms with Gasteiger partial charge < -0.3 is 9.47 Å². The molecule has 106 valence electrons. The van der Waals surface area contributed by atoms with Gasteiger partial charge in [0.15, 0.2) is 6.29 Å². The van der Waals surface area contributed by atoms with Crippen molar-refractivity contribution in [2.24, 2.45) is 0 Å². The van der Waals surface area contributed by atoms with Crippen LogP contribution in [-0.4, -0.2) is 23.2 Å². The van der Waals surface area contributed by atoms with E-state index in [1.165, 1.54) is 4.68 Å². The molecule has 1 aromatic heterocycles. The van der Waals surface area contributed by atoms with E-state index >= 15 is 0 Å². The second-order valence-electron chi connectivity index (χ2n) is 3.94. The molecule has 0 aliphatic heterocycles. The molecule has 0 bridgehead atoms. The molecule has 1 heterocycles. The summed E-state index contributed by atoms with van der Waals surface area (Å²) in [7, 11) is 1.56. The quantitative estimate of drug-likeness (QED) is 0.736. The van der Waals surface area contributed by atoms with Gasteiger partial charge in [0, 0.05) is 13.2 Å². The van der Waals surface area contributed by atoms with Crippen LogP contribution in [0.25, 0.3) is 5.69 Å². The van der Waals surface area contributed by atoms with E-state index in [1.807, 2.05) is 0 Å². The molecule has 20 heavy (non-hydrogen) atoms.